The van der Waals surface area contributed by atoms with Gasteiger partial charge in [0.2, 0.25) is 10.0 Å². The van der Waals surface area contributed by atoms with Crippen molar-refractivity contribution in [2.75, 3.05) is 39.5 Å². The van der Waals surface area contributed by atoms with E-state index in [0.717, 1.165) is 25.9 Å². The second kappa shape index (κ2) is 5.79. The van der Waals surface area contributed by atoms with Crippen molar-refractivity contribution in [3.63, 3.8) is 0 Å². The van der Waals surface area contributed by atoms with Crippen molar-refractivity contribution in [3.8, 4) is 0 Å². The van der Waals surface area contributed by atoms with Crippen LogP contribution >= 0.6 is 0 Å². The summed E-state index contributed by atoms with van der Waals surface area (Å²) in [6.45, 7) is 2.56. The molecule has 2 N–H and O–H groups in total. The fraction of sp³-hybridized carbons (Fsp3) is 1.00. The summed E-state index contributed by atoms with van der Waals surface area (Å²) in [6.07, 6.45) is 2.30. The summed E-state index contributed by atoms with van der Waals surface area (Å²) in [6, 6.07) is 0.427. The highest BCUT2D eigenvalue weighted by atomic mass is 32.2. The molecule has 0 amide bonds. The Morgan fingerprint density at radius 3 is 2.73 bits per heavy atom. The monoisotopic (exact) mass is 235 g/mol. The summed E-state index contributed by atoms with van der Waals surface area (Å²) in [7, 11) is 0.0853. The number of nitrogens with one attached hydrogen (secondary N) is 2. The van der Waals surface area contributed by atoms with Gasteiger partial charge in [-0.3, -0.25) is 0 Å². The van der Waals surface area contributed by atoms with Crippen LogP contribution in [0.3, 0.4) is 0 Å². The van der Waals surface area contributed by atoms with Crippen LogP contribution in [-0.4, -0.2) is 58.2 Å². The molecule has 1 aliphatic heterocycles. The Morgan fingerprint density at radius 2 is 2.20 bits per heavy atom. The second-order valence-electron chi connectivity index (χ2n) is 4.10. The van der Waals surface area contributed by atoms with Gasteiger partial charge in [0.15, 0.2) is 0 Å². The molecule has 1 rings (SSSR count). The van der Waals surface area contributed by atoms with Gasteiger partial charge in [0, 0.05) is 33.2 Å². The Morgan fingerprint density at radius 1 is 1.47 bits per heavy atom. The van der Waals surface area contributed by atoms with Crippen LogP contribution in [0.5, 0.6) is 0 Å². The molecule has 5 nitrogen and oxygen atoms in total. The number of rotatable bonds is 5. The number of nitrogens with zero attached hydrogens (tertiary/aromatic N) is 1. The Balaban J connectivity index is 2.20. The SMILES string of the molecule is CN(C)S(=O)(=O)CCN[C@@H]1CCCNC1. The number of piperidine rings is 1. The van der Waals surface area contributed by atoms with E-state index in [1.807, 2.05) is 0 Å². The maximum atomic E-state index is 11.4. The zero-order chi connectivity index (χ0) is 11.3. The molecule has 90 valence electrons. The van der Waals surface area contributed by atoms with Gasteiger partial charge in [-0.25, -0.2) is 12.7 Å². The summed E-state index contributed by atoms with van der Waals surface area (Å²) in [4.78, 5) is 0. The first-order valence-electron chi connectivity index (χ1n) is 5.36. The van der Waals surface area contributed by atoms with Gasteiger partial charge in [0.05, 0.1) is 5.75 Å². The molecule has 1 atom stereocenters. The number of hydrogen-bond donors (Lipinski definition) is 2. The topological polar surface area (TPSA) is 61.4 Å². The van der Waals surface area contributed by atoms with Crippen molar-refractivity contribution >= 4 is 10.0 Å². The van der Waals surface area contributed by atoms with Crippen LogP contribution < -0.4 is 10.6 Å². The van der Waals surface area contributed by atoms with Gasteiger partial charge >= 0.3 is 0 Å². The molecular weight excluding hydrogens is 214 g/mol. The molecule has 0 unspecified atom stereocenters. The molecular formula is C9H21N3O2S. The largest absolute Gasteiger partial charge is 0.315 e. The smallest absolute Gasteiger partial charge is 0.214 e. The molecule has 1 heterocycles. The van der Waals surface area contributed by atoms with Gasteiger partial charge in [0.25, 0.3) is 0 Å². The van der Waals surface area contributed by atoms with Crippen molar-refractivity contribution in [2.24, 2.45) is 0 Å². The van der Waals surface area contributed by atoms with E-state index in [9.17, 15) is 8.42 Å². The highest BCUT2D eigenvalue weighted by Gasteiger charge is 2.15. The van der Waals surface area contributed by atoms with E-state index < -0.39 is 10.0 Å². The molecule has 0 saturated carbocycles. The summed E-state index contributed by atoms with van der Waals surface area (Å²) >= 11 is 0. The lowest BCUT2D eigenvalue weighted by molar-refractivity contribution is 0.396. The molecule has 0 radical (unpaired) electrons. The lowest BCUT2D eigenvalue weighted by atomic mass is 10.1. The van der Waals surface area contributed by atoms with Crippen molar-refractivity contribution in [1.29, 1.82) is 0 Å². The Bertz CT molecular complexity index is 271. The van der Waals surface area contributed by atoms with Crippen LogP contribution in [0.4, 0.5) is 0 Å². The fourth-order valence-electron chi connectivity index (χ4n) is 1.60. The predicted molar refractivity (Wildman–Crippen MR) is 61.4 cm³/mol. The highest BCUT2D eigenvalue weighted by Crippen LogP contribution is 2.01. The molecule has 0 aromatic carbocycles. The summed E-state index contributed by atoms with van der Waals surface area (Å²) in [5, 5.41) is 6.55. The number of hydrogen-bond acceptors (Lipinski definition) is 4. The second-order valence-corrected chi connectivity index (χ2v) is 6.40. The van der Waals surface area contributed by atoms with Gasteiger partial charge in [-0.15, -0.1) is 0 Å². The lowest BCUT2D eigenvalue weighted by Gasteiger charge is -2.24. The van der Waals surface area contributed by atoms with Crippen molar-refractivity contribution in [3.05, 3.63) is 0 Å². The molecule has 0 spiro atoms. The van der Waals surface area contributed by atoms with Crippen LogP contribution in [0.15, 0.2) is 0 Å². The predicted octanol–water partition coefficient (Wildman–Crippen LogP) is -0.781. The molecule has 1 aliphatic rings. The van der Waals surface area contributed by atoms with E-state index in [1.165, 1.54) is 4.31 Å². The van der Waals surface area contributed by atoms with Crippen LogP contribution in [-0.2, 0) is 10.0 Å². The van der Waals surface area contributed by atoms with E-state index in [1.54, 1.807) is 14.1 Å². The maximum absolute atomic E-state index is 11.4. The van der Waals surface area contributed by atoms with Gasteiger partial charge in [-0.05, 0) is 19.4 Å². The Labute approximate surface area is 92.3 Å². The van der Waals surface area contributed by atoms with Crippen LogP contribution in [0, 0.1) is 0 Å². The van der Waals surface area contributed by atoms with E-state index in [2.05, 4.69) is 10.6 Å². The summed E-state index contributed by atoms with van der Waals surface area (Å²) in [5.74, 6) is 0.177. The lowest BCUT2D eigenvalue weighted by Crippen LogP contribution is -2.45. The van der Waals surface area contributed by atoms with Crippen LogP contribution in [0.1, 0.15) is 12.8 Å². The van der Waals surface area contributed by atoms with Gasteiger partial charge in [0.1, 0.15) is 0 Å². The van der Waals surface area contributed by atoms with Crippen molar-refractivity contribution in [2.45, 2.75) is 18.9 Å². The third-order valence-electron chi connectivity index (χ3n) is 2.65. The average Bonchev–Trinajstić information content (AvgIpc) is 2.19. The highest BCUT2D eigenvalue weighted by molar-refractivity contribution is 7.89. The van der Waals surface area contributed by atoms with Crippen molar-refractivity contribution in [1.82, 2.24) is 14.9 Å². The number of sulfonamides is 1. The van der Waals surface area contributed by atoms with Crippen LogP contribution in [0.25, 0.3) is 0 Å². The minimum atomic E-state index is -3.05. The fourth-order valence-corrected chi connectivity index (χ4v) is 2.34. The Kier molecular flexibility index (Phi) is 4.98. The van der Waals surface area contributed by atoms with E-state index in [0.29, 0.717) is 12.6 Å². The Hall–Kier alpha value is -0.170. The minimum Gasteiger partial charge on any atom is -0.315 e. The summed E-state index contributed by atoms with van der Waals surface area (Å²) in [5.41, 5.74) is 0. The van der Waals surface area contributed by atoms with Gasteiger partial charge in [-0.2, -0.15) is 0 Å². The third kappa shape index (κ3) is 4.46. The average molecular weight is 235 g/mol. The molecule has 0 aromatic rings. The van der Waals surface area contributed by atoms with Crippen LogP contribution in [0.2, 0.25) is 0 Å². The molecule has 1 fully saturated rings. The molecule has 0 aromatic heterocycles. The van der Waals surface area contributed by atoms with E-state index in [-0.39, 0.29) is 5.75 Å². The van der Waals surface area contributed by atoms with E-state index in [4.69, 9.17) is 0 Å². The van der Waals surface area contributed by atoms with E-state index >= 15 is 0 Å². The summed E-state index contributed by atoms with van der Waals surface area (Å²) < 4.78 is 24.2. The first-order chi connectivity index (χ1) is 7.02. The first-order valence-corrected chi connectivity index (χ1v) is 6.97. The van der Waals surface area contributed by atoms with Gasteiger partial charge in [-0.1, -0.05) is 0 Å². The molecule has 15 heavy (non-hydrogen) atoms. The zero-order valence-electron chi connectivity index (χ0n) is 9.49. The normalized spacial score (nSPS) is 23.3. The minimum absolute atomic E-state index is 0.177. The quantitative estimate of drug-likeness (QED) is 0.656. The first kappa shape index (κ1) is 12.9. The third-order valence-corrected chi connectivity index (χ3v) is 4.48. The molecule has 6 heteroatoms. The maximum Gasteiger partial charge on any atom is 0.214 e. The van der Waals surface area contributed by atoms with Crippen molar-refractivity contribution < 1.29 is 8.42 Å². The standard InChI is InChI=1S/C9H21N3O2S/c1-12(2)15(13,14)7-6-11-9-4-3-5-10-8-9/h9-11H,3-8H2,1-2H3/t9-/m1/s1. The zero-order valence-corrected chi connectivity index (χ0v) is 10.3. The molecule has 0 aliphatic carbocycles. The molecule has 1 saturated heterocycles. The van der Waals surface area contributed by atoms with Gasteiger partial charge < -0.3 is 10.6 Å². The molecule has 0 bridgehead atoms.